The molecule has 0 atom stereocenters. The van der Waals surface area contributed by atoms with Gasteiger partial charge in [0.05, 0.1) is 17.8 Å². The van der Waals surface area contributed by atoms with Gasteiger partial charge in [0.25, 0.3) is 5.65 Å². The Bertz CT molecular complexity index is 1960. The van der Waals surface area contributed by atoms with Crippen LogP contribution in [0.1, 0.15) is 75.1 Å². The van der Waals surface area contributed by atoms with Gasteiger partial charge in [0, 0.05) is 16.3 Å². The van der Waals surface area contributed by atoms with Crippen LogP contribution in [0.25, 0.3) is 38.6 Å². The van der Waals surface area contributed by atoms with Gasteiger partial charge in [0.2, 0.25) is 0 Å². The van der Waals surface area contributed by atoms with E-state index >= 15 is 0 Å². The number of hydrogen-bond donors (Lipinski definition) is 0. The molecule has 0 aliphatic carbocycles. The van der Waals surface area contributed by atoms with E-state index in [1.165, 1.54) is 72.1 Å². The average molecular weight is 568 g/mol. The number of hydrogen-bond acceptors (Lipinski definition) is 0. The van der Waals surface area contributed by atoms with Crippen molar-refractivity contribution in [2.24, 2.45) is 18.9 Å². The van der Waals surface area contributed by atoms with Crippen LogP contribution in [-0.2, 0) is 25.3 Å². The maximum absolute atomic E-state index is 2.63. The van der Waals surface area contributed by atoms with Crippen molar-refractivity contribution in [3.63, 3.8) is 0 Å². The molecular weight excluding hydrogens is 520 g/mol. The lowest BCUT2D eigenvalue weighted by Crippen LogP contribution is -2.28. The lowest BCUT2D eigenvalue weighted by molar-refractivity contribution is -0.467. The number of nitrogens with zero attached hydrogens (tertiary/aromatic N) is 2. The summed E-state index contributed by atoms with van der Waals surface area (Å²) in [5, 5.41) is 3.96. The minimum Gasteiger partial charge on any atom is -0.228 e. The molecule has 6 rings (SSSR count). The van der Waals surface area contributed by atoms with Crippen LogP contribution < -0.4 is 4.40 Å². The Morgan fingerprint density at radius 3 is 1.88 bits per heavy atom. The minimum absolute atomic E-state index is 0.252. The molecule has 0 spiro atoms. The molecule has 2 nitrogen and oxygen atoms in total. The van der Waals surface area contributed by atoms with E-state index in [4.69, 9.17) is 0 Å². The molecule has 0 saturated carbocycles. The Labute approximate surface area is 258 Å². The van der Waals surface area contributed by atoms with Gasteiger partial charge in [-0.15, -0.1) is 0 Å². The largest absolute Gasteiger partial charge is 0.295 e. The highest BCUT2D eigenvalue weighted by molar-refractivity contribution is 6.10. The molecule has 2 heteroatoms. The van der Waals surface area contributed by atoms with E-state index in [2.05, 4.69) is 156 Å². The van der Waals surface area contributed by atoms with Crippen LogP contribution >= 0.6 is 0 Å². The highest BCUT2D eigenvalue weighted by atomic mass is 15.1. The van der Waals surface area contributed by atoms with Crippen LogP contribution in [-0.4, -0.2) is 4.57 Å². The minimum atomic E-state index is -0.252. The van der Waals surface area contributed by atoms with Gasteiger partial charge in [-0.25, -0.2) is 4.57 Å². The van der Waals surface area contributed by atoms with Gasteiger partial charge in [-0.2, -0.15) is 4.40 Å². The lowest BCUT2D eigenvalue weighted by atomic mass is 9.76. The van der Waals surface area contributed by atoms with Crippen LogP contribution in [0, 0.1) is 25.7 Å². The van der Waals surface area contributed by atoms with Crippen molar-refractivity contribution in [2.75, 3.05) is 0 Å². The van der Waals surface area contributed by atoms with Crippen LogP contribution in [0.5, 0.6) is 0 Å². The summed E-state index contributed by atoms with van der Waals surface area (Å²) in [5.41, 5.74) is 13.3. The third-order valence-electron chi connectivity index (χ3n) is 9.38. The molecule has 0 amide bonds. The third kappa shape index (κ3) is 4.76. The van der Waals surface area contributed by atoms with E-state index in [0.717, 1.165) is 12.8 Å². The van der Waals surface area contributed by atoms with Gasteiger partial charge in [-0.3, -0.25) is 0 Å². The zero-order valence-electron chi connectivity index (χ0n) is 27.5. The monoisotopic (exact) mass is 567 g/mol. The standard InChI is InChI=1S/C41H47N2/c1-26(2)24-30-18-15-19-31(25-27(3)4)37(30)38-39(41(7,8)34-22-12-10-16-28(34)5)42(9)40-36-29(6)17-14-21-33(36)32-20-11-13-23-35(32)43(38)40/h10-23,26-27H,24-25H2,1-9H3/q+1. The summed E-state index contributed by atoms with van der Waals surface area (Å²) in [6.45, 7) is 18.8. The van der Waals surface area contributed by atoms with Crippen molar-refractivity contribution in [3.8, 4) is 11.3 Å². The van der Waals surface area contributed by atoms with Gasteiger partial charge in [-0.05, 0) is 86.3 Å². The lowest BCUT2D eigenvalue weighted by Gasteiger charge is -2.27. The zero-order chi connectivity index (χ0) is 30.6. The molecule has 0 radical (unpaired) electrons. The normalized spacial score (nSPS) is 12.4. The van der Waals surface area contributed by atoms with Crippen LogP contribution in [0.2, 0.25) is 0 Å². The molecule has 0 saturated heterocycles. The van der Waals surface area contributed by atoms with Crippen molar-refractivity contribution in [2.45, 2.75) is 73.6 Å². The fraction of sp³-hybridized carbons (Fsp3) is 0.341. The molecule has 0 N–H and O–H groups in total. The first-order valence-corrected chi connectivity index (χ1v) is 16.0. The molecule has 0 bridgehead atoms. The summed E-state index contributed by atoms with van der Waals surface area (Å²) in [5.74, 6) is 1.11. The van der Waals surface area contributed by atoms with Gasteiger partial charge < -0.3 is 0 Å². The molecule has 0 unspecified atom stereocenters. The second-order valence-electron chi connectivity index (χ2n) is 14.0. The highest BCUT2D eigenvalue weighted by Gasteiger charge is 2.41. The Balaban J connectivity index is 1.93. The van der Waals surface area contributed by atoms with E-state index in [1.54, 1.807) is 0 Å². The molecule has 0 fully saturated rings. The summed E-state index contributed by atoms with van der Waals surface area (Å²) in [6, 6.07) is 31.8. The van der Waals surface area contributed by atoms with E-state index in [0.29, 0.717) is 11.8 Å². The maximum Gasteiger partial charge on any atom is 0.295 e. The predicted octanol–water partition coefficient (Wildman–Crippen LogP) is 10.1. The molecule has 43 heavy (non-hydrogen) atoms. The SMILES string of the molecule is Cc1ccccc1C(C)(C)c1c(-c2c(CC(C)C)cccc2CC(C)C)[n+]2c3ccccc3c3cccc(C)c3c2n1C. The zero-order valence-corrected chi connectivity index (χ0v) is 27.5. The fourth-order valence-electron chi connectivity index (χ4n) is 7.75. The fourth-order valence-corrected chi connectivity index (χ4v) is 7.75. The van der Waals surface area contributed by atoms with Crippen LogP contribution in [0.3, 0.4) is 0 Å². The first-order valence-electron chi connectivity index (χ1n) is 16.0. The smallest absolute Gasteiger partial charge is 0.228 e. The van der Waals surface area contributed by atoms with Crippen molar-refractivity contribution in [3.05, 3.63) is 118 Å². The molecule has 0 aliphatic heterocycles. The van der Waals surface area contributed by atoms with E-state index in [9.17, 15) is 0 Å². The highest BCUT2D eigenvalue weighted by Crippen LogP contribution is 2.43. The first kappa shape index (κ1) is 29.2. The number of para-hydroxylation sites is 1. The number of benzene rings is 4. The number of fused-ring (bicyclic) bond motifs is 6. The second kappa shape index (κ2) is 11.0. The summed E-state index contributed by atoms with van der Waals surface area (Å²) < 4.78 is 5.16. The topological polar surface area (TPSA) is 9.03 Å². The number of aryl methyl sites for hydroxylation is 3. The average Bonchev–Trinajstić information content (AvgIpc) is 3.26. The third-order valence-corrected chi connectivity index (χ3v) is 9.38. The van der Waals surface area contributed by atoms with E-state index in [-0.39, 0.29) is 5.41 Å². The van der Waals surface area contributed by atoms with Crippen molar-refractivity contribution < 1.29 is 4.40 Å². The predicted molar refractivity (Wildman–Crippen MR) is 184 cm³/mol. The number of imidazole rings is 1. The Morgan fingerprint density at radius 1 is 0.674 bits per heavy atom. The van der Waals surface area contributed by atoms with Gasteiger partial charge in [0.1, 0.15) is 5.52 Å². The number of aromatic nitrogens is 2. The van der Waals surface area contributed by atoms with Crippen molar-refractivity contribution in [1.82, 2.24) is 4.57 Å². The van der Waals surface area contributed by atoms with E-state index < -0.39 is 0 Å². The molecule has 2 heterocycles. The number of rotatable bonds is 7. The molecule has 2 aromatic heterocycles. The molecule has 4 aromatic carbocycles. The maximum atomic E-state index is 2.63. The van der Waals surface area contributed by atoms with Crippen molar-refractivity contribution >= 4 is 27.3 Å². The second-order valence-corrected chi connectivity index (χ2v) is 14.0. The number of pyridine rings is 1. The van der Waals surface area contributed by atoms with Crippen LogP contribution in [0.4, 0.5) is 0 Å². The Morgan fingerprint density at radius 2 is 1.23 bits per heavy atom. The first-order chi connectivity index (χ1) is 20.5. The molecule has 220 valence electrons. The molecule has 6 aromatic rings. The summed E-state index contributed by atoms with van der Waals surface area (Å²) in [4.78, 5) is 0. The Kier molecular flexibility index (Phi) is 7.45. The van der Waals surface area contributed by atoms with Gasteiger partial charge in [0.15, 0.2) is 11.4 Å². The Hall–Kier alpha value is -3.91. The van der Waals surface area contributed by atoms with Crippen molar-refractivity contribution in [1.29, 1.82) is 0 Å². The van der Waals surface area contributed by atoms with Gasteiger partial charge in [-0.1, -0.05) is 107 Å². The summed E-state index contributed by atoms with van der Waals surface area (Å²) >= 11 is 0. The summed E-state index contributed by atoms with van der Waals surface area (Å²) in [7, 11) is 2.31. The quantitative estimate of drug-likeness (QED) is 0.134. The van der Waals surface area contributed by atoms with Crippen LogP contribution in [0.15, 0.2) is 84.9 Å². The van der Waals surface area contributed by atoms with Gasteiger partial charge >= 0.3 is 0 Å². The molecular formula is C41H47N2+. The summed E-state index contributed by atoms with van der Waals surface area (Å²) in [6.07, 6.45) is 2.10. The van der Waals surface area contributed by atoms with E-state index in [1.807, 2.05) is 0 Å². The molecule has 0 aliphatic rings.